The van der Waals surface area contributed by atoms with Crippen LogP contribution in [0.1, 0.15) is 18.1 Å². The largest absolute Gasteiger partial charge is 0.480 e. The van der Waals surface area contributed by atoms with E-state index in [9.17, 15) is 28.3 Å². The van der Waals surface area contributed by atoms with Crippen LogP contribution in [0.3, 0.4) is 0 Å². The Bertz CT molecular complexity index is 873. The molecule has 0 heterocycles. The van der Waals surface area contributed by atoms with Crippen molar-refractivity contribution < 1.29 is 28.3 Å². The first-order valence-corrected chi connectivity index (χ1v) is 8.55. The normalized spacial score (nSPS) is 12.7. The number of hydrogen-bond acceptors (Lipinski definition) is 3. The number of carbonyl (C=O) groups excluding carboxylic acids is 2. The van der Waals surface area contributed by atoms with Crippen LogP contribution in [0.4, 0.5) is 8.78 Å². The van der Waals surface area contributed by atoms with Gasteiger partial charge in [-0.05, 0) is 23.3 Å². The molecule has 0 bridgehead atoms. The summed E-state index contributed by atoms with van der Waals surface area (Å²) in [5.41, 5.74) is 0.317. The van der Waals surface area contributed by atoms with Crippen molar-refractivity contribution in [2.24, 2.45) is 0 Å². The number of hydrogen-bond donors (Lipinski definition) is 3. The van der Waals surface area contributed by atoms with Gasteiger partial charge in [-0.15, -0.1) is 0 Å². The van der Waals surface area contributed by atoms with E-state index in [1.807, 2.05) is 0 Å². The monoisotopic (exact) mass is 390 g/mol. The topological polar surface area (TPSA) is 95.5 Å². The fourth-order valence-electron chi connectivity index (χ4n) is 2.69. The van der Waals surface area contributed by atoms with Gasteiger partial charge in [-0.1, -0.05) is 36.4 Å². The summed E-state index contributed by atoms with van der Waals surface area (Å²) in [7, 11) is 0. The predicted octanol–water partition coefficient (Wildman–Crippen LogP) is 1.82. The van der Waals surface area contributed by atoms with Gasteiger partial charge >= 0.3 is 5.97 Å². The molecule has 2 amide bonds. The minimum Gasteiger partial charge on any atom is -0.480 e. The van der Waals surface area contributed by atoms with Crippen LogP contribution < -0.4 is 10.6 Å². The second kappa shape index (κ2) is 9.59. The average molecular weight is 390 g/mol. The minimum absolute atomic E-state index is 0.125. The smallest absolute Gasteiger partial charge is 0.326 e. The molecule has 0 aliphatic carbocycles. The molecule has 0 radical (unpaired) electrons. The lowest BCUT2D eigenvalue weighted by Crippen LogP contribution is -2.52. The number of nitrogens with one attached hydrogen (secondary N) is 2. The third kappa shape index (κ3) is 5.87. The molecular weight excluding hydrogens is 370 g/mol. The van der Waals surface area contributed by atoms with Crippen LogP contribution in [0.15, 0.2) is 48.5 Å². The molecule has 2 atom stereocenters. The summed E-state index contributed by atoms with van der Waals surface area (Å²) in [6, 6.07) is 8.78. The lowest BCUT2D eigenvalue weighted by molar-refractivity contribution is -0.142. The van der Waals surface area contributed by atoms with Gasteiger partial charge in [0.1, 0.15) is 23.7 Å². The number of carbonyl (C=O) groups is 3. The second-order valence-electron chi connectivity index (χ2n) is 6.24. The Morgan fingerprint density at radius 2 is 1.32 bits per heavy atom. The molecule has 0 aliphatic heterocycles. The quantitative estimate of drug-likeness (QED) is 0.641. The van der Waals surface area contributed by atoms with Crippen molar-refractivity contribution in [2.45, 2.75) is 31.8 Å². The van der Waals surface area contributed by atoms with Crippen LogP contribution in [0, 0.1) is 11.6 Å². The zero-order chi connectivity index (χ0) is 20.7. The van der Waals surface area contributed by atoms with E-state index in [1.165, 1.54) is 43.3 Å². The van der Waals surface area contributed by atoms with Crippen LogP contribution in [0.25, 0.3) is 0 Å². The van der Waals surface area contributed by atoms with Gasteiger partial charge in [-0.25, -0.2) is 13.6 Å². The molecule has 0 aliphatic rings. The van der Waals surface area contributed by atoms with Crippen LogP contribution >= 0.6 is 0 Å². The molecule has 2 aromatic carbocycles. The van der Waals surface area contributed by atoms with E-state index in [0.717, 1.165) is 0 Å². The number of benzene rings is 2. The first kappa shape index (κ1) is 21.0. The van der Waals surface area contributed by atoms with E-state index in [2.05, 4.69) is 10.6 Å². The Hall–Kier alpha value is -3.29. The number of halogens is 2. The van der Waals surface area contributed by atoms with Crippen molar-refractivity contribution in [3.63, 3.8) is 0 Å². The van der Waals surface area contributed by atoms with E-state index in [-0.39, 0.29) is 24.0 Å². The molecule has 0 spiro atoms. The maximum atomic E-state index is 13.9. The average Bonchev–Trinajstić information content (AvgIpc) is 2.63. The van der Waals surface area contributed by atoms with Gasteiger partial charge in [0, 0.05) is 19.8 Å². The zero-order valence-electron chi connectivity index (χ0n) is 15.1. The molecule has 0 saturated heterocycles. The van der Waals surface area contributed by atoms with Crippen LogP contribution in [-0.4, -0.2) is 35.0 Å². The van der Waals surface area contributed by atoms with Crippen LogP contribution in [-0.2, 0) is 27.2 Å². The van der Waals surface area contributed by atoms with Crippen molar-refractivity contribution in [3.05, 3.63) is 71.3 Å². The molecule has 2 rings (SSSR count). The molecule has 3 N–H and O–H groups in total. The summed E-state index contributed by atoms with van der Waals surface area (Å²) < 4.78 is 27.7. The minimum atomic E-state index is -1.42. The summed E-state index contributed by atoms with van der Waals surface area (Å²) in [5.74, 6) is -3.83. The van der Waals surface area contributed by atoms with Crippen molar-refractivity contribution in [1.29, 1.82) is 0 Å². The molecule has 28 heavy (non-hydrogen) atoms. The van der Waals surface area contributed by atoms with Crippen molar-refractivity contribution in [2.75, 3.05) is 0 Å². The van der Waals surface area contributed by atoms with Gasteiger partial charge < -0.3 is 15.7 Å². The maximum Gasteiger partial charge on any atom is 0.326 e. The number of carboxylic acids is 1. The number of rotatable bonds is 8. The molecular formula is C20H20F2N2O4. The van der Waals surface area contributed by atoms with Gasteiger partial charge in [0.15, 0.2) is 0 Å². The molecule has 0 aromatic heterocycles. The second-order valence-corrected chi connectivity index (χ2v) is 6.24. The summed E-state index contributed by atoms with van der Waals surface area (Å²) >= 11 is 0. The van der Waals surface area contributed by atoms with Gasteiger partial charge in [-0.2, -0.15) is 0 Å². The Morgan fingerprint density at radius 3 is 1.75 bits per heavy atom. The highest BCUT2D eigenvalue weighted by molar-refractivity contribution is 5.90. The molecule has 8 heteroatoms. The van der Waals surface area contributed by atoms with E-state index in [4.69, 9.17) is 0 Å². The first-order chi connectivity index (χ1) is 13.3. The highest BCUT2D eigenvalue weighted by Gasteiger charge is 2.27. The predicted molar refractivity (Wildman–Crippen MR) is 97.4 cm³/mol. The van der Waals surface area contributed by atoms with Gasteiger partial charge in [0.25, 0.3) is 0 Å². The standard InChI is InChI=1S/C20H20F2N2O4/c1-12(25)23-17(10-13-6-2-4-8-15(13)21)19(26)24-18(20(27)28)11-14-7-3-5-9-16(14)22/h2-9,17-18H,10-11H2,1H3,(H,23,25)(H,24,26)(H,27,28)/t17-,18+/m1/s1. The van der Waals surface area contributed by atoms with Crippen molar-refractivity contribution in [3.8, 4) is 0 Å². The number of carboxylic acid groups (broad SMARTS) is 1. The number of aliphatic carboxylic acids is 1. The Labute approximate surface area is 160 Å². The lowest BCUT2D eigenvalue weighted by atomic mass is 10.0. The van der Waals surface area contributed by atoms with Gasteiger partial charge in [-0.3, -0.25) is 9.59 Å². The van der Waals surface area contributed by atoms with Gasteiger partial charge in [0.05, 0.1) is 0 Å². The number of amides is 2. The maximum absolute atomic E-state index is 13.9. The lowest BCUT2D eigenvalue weighted by Gasteiger charge is -2.21. The Kier molecular flexibility index (Phi) is 7.20. The zero-order valence-corrected chi connectivity index (χ0v) is 15.1. The van der Waals surface area contributed by atoms with E-state index >= 15 is 0 Å². The molecule has 2 aromatic rings. The first-order valence-electron chi connectivity index (χ1n) is 8.55. The van der Waals surface area contributed by atoms with Gasteiger partial charge in [0.2, 0.25) is 11.8 Å². The third-order valence-electron chi connectivity index (χ3n) is 4.07. The molecule has 148 valence electrons. The third-order valence-corrected chi connectivity index (χ3v) is 4.07. The van der Waals surface area contributed by atoms with E-state index in [1.54, 1.807) is 12.1 Å². The summed E-state index contributed by atoms with van der Waals surface area (Å²) in [6.07, 6.45) is -0.440. The Morgan fingerprint density at radius 1 is 0.857 bits per heavy atom. The highest BCUT2D eigenvalue weighted by Crippen LogP contribution is 2.12. The summed E-state index contributed by atoms with van der Waals surface area (Å²) in [4.78, 5) is 35.5. The Balaban J connectivity index is 2.17. The van der Waals surface area contributed by atoms with Crippen molar-refractivity contribution in [1.82, 2.24) is 10.6 Å². The van der Waals surface area contributed by atoms with E-state index < -0.39 is 41.5 Å². The molecule has 0 unspecified atom stereocenters. The van der Waals surface area contributed by atoms with Crippen molar-refractivity contribution >= 4 is 17.8 Å². The molecule has 0 fully saturated rings. The molecule has 0 saturated carbocycles. The summed E-state index contributed by atoms with van der Waals surface area (Å²) in [6.45, 7) is 1.19. The highest BCUT2D eigenvalue weighted by atomic mass is 19.1. The fraction of sp³-hybridized carbons (Fsp3) is 0.250. The van der Waals surface area contributed by atoms with Crippen LogP contribution in [0.5, 0.6) is 0 Å². The van der Waals surface area contributed by atoms with E-state index in [0.29, 0.717) is 0 Å². The van der Waals surface area contributed by atoms with Crippen LogP contribution in [0.2, 0.25) is 0 Å². The SMILES string of the molecule is CC(=O)N[C@H](Cc1ccccc1F)C(=O)N[C@@H](Cc1ccccc1F)C(=O)O. The fourth-order valence-corrected chi connectivity index (χ4v) is 2.69. The summed E-state index contributed by atoms with van der Waals surface area (Å²) in [5, 5.41) is 14.1. The molecule has 6 nitrogen and oxygen atoms in total.